The summed E-state index contributed by atoms with van der Waals surface area (Å²) in [4.78, 5) is 22.7. The molecule has 19 heavy (non-hydrogen) atoms. The zero-order valence-electron chi connectivity index (χ0n) is 10.4. The summed E-state index contributed by atoms with van der Waals surface area (Å²) in [5, 5.41) is 11.9. The van der Waals surface area contributed by atoms with Gasteiger partial charge >= 0.3 is 5.97 Å². The largest absolute Gasteiger partial charge is 0.481 e. The Morgan fingerprint density at radius 3 is 2.53 bits per heavy atom. The highest BCUT2D eigenvalue weighted by molar-refractivity contribution is 7.99. The first-order valence-corrected chi connectivity index (χ1v) is 7.31. The molecule has 0 atom stereocenters. The fourth-order valence-electron chi connectivity index (χ4n) is 1.38. The van der Waals surface area contributed by atoms with Crippen LogP contribution < -0.4 is 5.32 Å². The summed E-state index contributed by atoms with van der Waals surface area (Å²) in [7, 11) is 0. The Bertz CT molecular complexity index is 422. The molecular formula is C13H16ClNO3S. The third-order valence-electron chi connectivity index (χ3n) is 2.30. The Balaban J connectivity index is 2.08. The molecular weight excluding hydrogens is 286 g/mol. The van der Waals surface area contributed by atoms with Crippen LogP contribution >= 0.6 is 23.4 Å². The molecule has 0 spiro atoms. The summed E-state index contributed by atoms with van der Waals surface area (Å²) in [6.45, 7) is 0.569. The second kappa shape index (κ2) is 8.82. The van der Waals surface area contributed by atoms with Crippen molar-refractivity contribution >= 4 is 35.2 Å². The molecule has 0 saturated heterocycles. The number of carbonyl (C=O) groups excluding carboxylic acids is 1. The second-order valence-electron chi connectivity index (χ2n) is 3.90. The maximum Gasteiger partial charge on any atom is 0.303 e. The van der Waals surface area contributed by atoms with Crippen molar-refractivity contribution in [1.82, 2.24) is 5.32 Å². The van der Waals surface area contributed by atoms with Crippen LogP contribution in [0.1, 0.15) is 19.3 Å². The van der Waals surface area contributed by atoms with Crippen LogP contribution in [0, 0.1) is 0 Å². The van der Waals surface area contributed by atoms with Crippen molar-refractivity contribution in [3.8, 4) is 0 Å². The standard InChI is InChI=1S/C13H16ClNO3S/c14-10-4-6-11(7-5-10)19-9-8-15-12(16)2-1-3-13(17)18/h4-7H,1-3,8-9H2,(H,15,16)(H,17,18). The third-order valence-corrected chi connectivity index (χ3v) is 3.57. The number of rotatable bonds is 8. The lowest BCUT2D eigenvalue weighted by molar-refractivity contribution is -0.137. The van der Waals surface area contributed by atoms with Crippen molar-refractivity contribution in [2.75, 3.05) is 12.3 Å². The van der Waals surface area contributed by atoms with Gasteiger partial charge in [0.25, 0.3) is 0 Å². The number of carboxylic acid groups (broad SMARTS) is 1. The summed E-state index contributed by atoms with van der Waals surface area (Å²) in [6, 6.07) is 7.52. The van der Waals surface area contributed by atoms with Gasteiger partial charge in [-0.05, 0) is 30.7 Å². The van der Waals surface area contributed by atoms with Gasteiger partial charge in [0.15, 0.2) is 0 Å². The molecule has 1 aromatic rings. The van der Waals surface area contributed by atoms with E-state index in [0.717, 1.165) is 10.6 Å². The lowest BCUT2D eigenvalue weighted by Gasteiger charge is -2.04. The third kappa shape index (κ3) is 7.74. The smallest absolute Gasteiger partial charge is 0.303 e. The highest BCUT2D eigenvalue weighted by atomic mass is 35.5. The van der Waals surface area contributed by atoms with Gasteiger partial charge < -0.3 is 10.4 Å². The number of hydrogen-bond donors (Lipinski definition) is 2. The first kappa shape index (κ1) is 15.9. The van der Waals surface area contributed by atoms with Crippen LogP contribution in [-0.4, -0.2) is 29.3 Å². The molecule has 0 aliphatic rings. The lowest BCUT2D eigenvalue weighted by Crippen LogP contribution is -2.25. The van der Waals surface area contributed by atoms with Crippen LogP contribution in [0.4, 0.5) is 0 Å². The highest BCUT2D eigenvalue weighted by Gasteiger charge is 2.03. The summed E-state index contributed by atoms with van der Waals surface area (Å²) in [6.07, 6.45) is 0.677. The molecule has 6 heteroatoms. The molecule has 0 fully saturated rings. The minimum atomic E-state index is -0.869. The minimum absolute atomic E-state index is 0.0347. The minimum Gasteiger partial charge on any atom is -0.481 e. The van der Waals surface area contributed by atoms with Gasteiger partial charge in [0.2, 0.25) is 5.91 Å². The fraction of sp³-hybridized carbons (Fsp3) is 0.385. The van der Waals surface area contributed by atoms with Crippen molar-refractivity contribution in [3.63, 3.8) is 0 Å². The molecule has 0 heterocycles. The van der Waals surface area contributed by atoms with Gasteiger partial charge in [-0.25, -0.2) is 0 Å². The number of thioether (sulfide) groups is 1. The summed E-state index contributed by atoms with van der Waals surface area (Å²) in [5.41, 5.74) is 0. The van der Waals surface area contributed by atoms with E-state index in [1.165, 1.54) is 0 Å². The summed E-state index contributed by atoms with van der Waals surface area (Å²) < 4.78 is 0. The Labute approximate surface area is 121 Å². The van der Waals surface area contributed by atoms with Crippen LogP contribution in [0.2, 0.25) is 5.02 Å². The first-order valence-electron chi connectivity index (χ1n) is 5.95. The predicted molar refractivity (Wildman–Crippen MR) is 76.7 cm³/mol. The number of aliphatic carboxylic acids is 1. The van der Waals surface area contributed by atoms with Gasteiger partial charge in [0, 0.05) is 35.1 Å². The number of benzene rings is 1. The predicted octanol–water partition coefficient (Wildman–Crippen LogP) is 2.80. The average molecular weight is 302 g/mol. The van der Waals surface area contributed by atoms with Crippen molar-refractivity contribution in [3.05, 3.63) is 29.3 Å². The molecule has 0 unspecified atom stereocenters. The molecule has 0 bridgehead atoms. The van der Waals surface area contributed by atoms with Crippen LogP contribution in [-0.2, 0) is 9.59 Å². The Morgan fingerprint density at radius 2 is 1.89 bits per heavy atom. The number of amides is 1. The number of halogens is 1. The van der Waals surface area contributed by atoms with E-state index in [-0.39, 0.29) is 18.7 Å². The maximum atomic E-state index is 11.3. The van der Waals surface area contributed by atoms with Crippen LogP contribution in [0.25, 0.3) is 0 Å². The van der Waals surface area contributed by atoms with Gasteiger partial charge in [-0.2, -0.15) is 0 Å². The Morgan fingerprint density at radius 1 is 1.21 bits per heavy atom. The van der Waals surface area contributed by atoms with Crippen molar-refractivity contribution < 1.29 is 14.7 Å². The van der Waals surface area contributed by atoms with Crippen LogP contribution in [0.5, 0.6) is 0 Å². The van der Waals surface area contributed by atoms with Gasteiger partial charge in [-0.3, -0.25) is 9.59 Å². The van der Waals surface area contributed by atoms with E-state index in [1.54, 1.807) is 11.8 Å². The number of hydrogen-bond acceptors (Lipinski definition) is 3. The van der Waals surface area contributed by atoms with E-state index in [4.69, 9.17) is 16.7 Å². The monoisotopic (exact) mass is 301 g/mol. The van der Waals surface area contributed by atoms with E-state index < -0.39 is 5.97 Å². The normalized spacial score (nSPS) is 10.2. The SMILES string of the molecule is O=C(O)CCCC(=O)NCCSc1ccc(Cl)cc1. The zero-order chi connectivity index (χ0) is 14.1. The van der Waals surface area contributed by atoms with E-state index in [0.29, 0.717) is 18.0 Å². The van der Waals surface area contributed by atoms with Gasteiger partial charge in [0.05, 0.1) is 0 Å². The molecule has 1 rings (SSSR count). The van der Waals surface area contributed by atoms with Gasteiger partial charge in [-0.1, -0.05) is 11.6 Å². The molecule has 104 valence electrons. The average Bonchev–Trinajstić information content (AvgIpc) is 2.36. The zero-order valence-corrected chi connectivity index (χ0v) is 12.0. The number of carbonyl (C=O) groups is 2. The van der Waals surface area contributed by atoms with E-state index >= 15 is 0 Å². The van der Waals surface area contributed by atoms with Crippen molar-refractivity contribution in [1.29, 1.82) is 0 Å². The maximum absolute atomic E-state index is 11.3. The molecule has 0 aliphatic heterocycles. The van der Waals surface area contributed by atoms with Gasteiger partial charge in [0.1, 0.15) is 0 Å². The summed E-state index contributed by atoms with van der Waals surface area (Å²) >= 11 is 7.41. The number of nitrogens with one attached hydrogen (secondary N) is 1. The van der Waals surface area contributed by atoms with E-state index in [9.17, 15) is 9.59 Å². The molecule has 2 N–H and O–H groups in total. The Hall–Kier alpha value is -1.20. The summed E-state index contributed by atoms with van der Waals surface area (Å²) in [5.74, 6) is -0.198. The Kier molecular flexibility index (Phi) is 7.36. The van der Waals surface area contributed by atoms with E-state index in [1.807, 2.05) is 24.3 Å². The van der Waals surface area contributed by atoms with Crippen LogP contribution in [0.3, 0.4) is 0 Å². The highest BCUT2D eigenvalue weighted by Crippen LogP contribution is 2.19. The molecule has 0 radical (unpaired) electrons. The van der Waals surface area contributed by atoms with Crippen molar-refractivity contribution in [2.24, 2.45) is 0 Å². The molecule has 0 saturated carbocycles. The van der Waals surface area contributed by atoms with E-state index in [2.05, 4.69) is 5.32 Å². The quantitative estimate of drug-likeness (QED) is 0.572. The lowest BCUT2D eigenvalue weighted by atomic mass is 10.2. The fourth-order valence-corrected chi connectivity index (χ4v) is 2.27. The number of carboxylic acids is 1. The van der Waals surface area contributed by atoms with Gasteiger partial charge in [-0.15, -0.1) is 11.8 Å². The topological polar surface area (TPSA) is 66.4 Å². The van der Waals surface area contributed by atoms with Crippen molar-refractivity contribution in [2.45, 2.75) is 24.2 Å². The molecule has 0 aromatic heterocycles. The molecule has 1 amide bonds. The second-order valence-corrected chi connectivity index (χ2v) is 5.50. The molecule has 4 nitrogen and oxygen atoms in total. The first-order chi connectivity index (χ1) is 9.08. The van der Waals surface area contributed by atoms with Crippen LogP contribution in [0.15, 0.2) is 29.2 Å². The molecule has 1 aromatic carbocycles. The molecule has 0 aliphatic carbocycles.